The van der Waals surface area contributed by atoms with Crippen molar-refractivity contribution in [2.45, 2.75) is 32.7 Å². The van der Waals surface area contributed by atoms with Crippen molar-refractivity contribution in [3.63, 3.8) is 0 Å². The number of anilines is 1. The van der Waals surface area contributed by atoms with Gasteiger partial charge in [0.25, 0.3) is 5.56 Å². The lowest BCUT2D eigenvalue weighted by molar-refractivity contribution is -0.116. The Bertz CT molecular complexity index is 1430. The minimum atomic E-state index is -0.497. The van der Waals surface area contributed by atoms with Gasteiger partial charge in [-0.3, -0.25) is 18.7 Å². The molecule has 1 aromatic carbocycles. The highest BCUT2D eigenvalue weighted by atomic mass is 32.1. The molecule has 166 valence electrons. The second-order valence-corrected chi connectivity index (χ2v) is 9.52. The van der Waals surface area contributed by atoms with E-state index in [-0.39, 0.29) is 29.0 Å². The first-order chi connectivity index (χ1) is 15.1. The highest BCUT2D eigenvalue weighted by molar-refractivity contribution is 7.14. The lowest BCUT2D eigenvalue weighted by Gasteiger charge is -2.18. The molecule has 1 amide bonds. The Balaban J connectivity index is 1.52. The molecule has 0 saturated carbocycles. The molecule has 0 aliphatic rings. The molecule has 0 radical (unpaired) electrons. The average molecular weight is 453 g/mol. The largest absolute Gasteiger partial charge is 0.332 e. The fourth-order valence-electron chi connectivity index (χ4n) is 3.44. The van der Waals surface area contributed by atoms with Gasteiger partial charge in [0, 0.05) is 25.0 Å². The van der Waals surface area contributed by atoms with E-state index in [1.54, 1.807) is 0 Å². The minimum absolute atomic E-state index is 0.0739. The maximum absolute atomic E-state index is 12.6. The maximum Gasteiger partial charge on any atom is 0.332 e. The molecule has 9 nitrogen and oxygen atoms in total. The minimum Gasteiger partial charge on any atom is -0.315 e. The van der Waals surface area contributed by atoms with Crippen molar-refractivity contribution >= 4 is 33.5 Å². The zero-order valence-electron chi connectivity index (χ0n) is 18.5. The maximum atomic E-state index is 12.6. The van der Waals surface area contributed by atoms with Crippen LogP contribution in [-0.2, 0) is 30.8 Å². The summed E-state index contributed by atoms with van der Waals surface area (Å²) in [4.78, 5) is 45.8. The van der Waals surface area contributed by atoms with Gasteiger partial charge in [-0.25, -0.2) is 14.8 Å². The van der Waals surface area contributed by atoms with Crippen LogP contribution in [0.3, 0.4) is 0 Å². The van der Waals surface area contributed by atoms with E-state index in [0.717, 1.165) is 15.8 Å². The monoisotopic (exact) mass is 452 g/mol. The number of rotatable bonds is 4. The SMILES string of the molecule is Cn1c(=O)c2c(ncn2CC(=O)Nc2nc(-c3ccc(C(C)(C)C)cc3)cs2)n(C)c1=O. The highest BCUT2D eigenvalue weighted by Crippen LogP contribution is 2.28. The van der Waals surface area contributed by atoms with E-state index >= 15 is 0 Å². The number of carbonyl (C=O) groups excluding carboxylic acids is 1. The number of nitrogens with zero attached hydrogens (tertiary/aromatic N) is 5. The first-order valence-corrected chi connectivity index (χ1v) is 10.9. The average Bonchev–Trinajstić information content (AvgIpc) is 3.37. The van der Waals surface area contributed by atoms with E-state index in [1.165, 1.54) is 46.5 Å². The summed E-state index contributed by atoms with van der Waals surface area (Å²) in [5, 5.41) is 5.13. The molecule has 0 bridgehead atoms. The summed E-state index contributed by atoms with van der Waals surface area (Å²) in [6.07, 6.45) is 1.38. The number of fused-ring (bicyclic) bond motifs is 1. The molecule has 0 aliphatic heterocycles. The summed E-state index contributed by atoms with van der Waals surface area (Å²) < 4.78 is 3.71. The molecule has 3 aromatic heterocycles. The Kier molecular flexibility index (Phi) is 5.33. The molecule has 10 heteroatoms. The van der Waals surface area contributed by atoms with Gasteiger partial charge in [0.2, 0.25) is 5.91 Å². The summed E-state index contributed by atoms with van der Waals surface area (Å²) in [5.74, 6) is -0.343. The van der Waals surface area contributed by atoms with E-state index in [9.17, 15) is 14.4 Å². The van der Waals surface area contributed by atoms with E-state index in [1.807, 2.05) is 17.5 Å². The fourth-order valence-corrected chi connectivity index (χ4v) is 4.17. The van der Waals surface area contributed by atoms with Gasteiger partial charge in [0.15, 0.2) is 16.3 Å². The quantitative estimate of drug-likeness (QED) is 0.512. The third-order valence-electron chi connectivity index (χ3n) is 5.33. The number of aromatic nitrogens is 5. The number of amides is 1. The Morgan fingerprint density at radius 2 is 1.78 bits per heavy atom. The van der Waals surface area contributed by atoms with Crippen LogP contribution >= 0.6 is 11.3 Å². The molecule has 0 saturated heterocycles. The van der Waals surface area contributed by atoms with Crippen LogP contribution < -0.4 is 16.6 Å². The summed E-state index contributed by atoms with van der Waals surface area (Å²) in [6, 6.07) is 8.23. The number of thiazole rings is 1. The van der Waals surface area contributed by atoms with E-state index < -0.39 is 11.2 Å². The third-order valence-corrected chi connectivity index (χ3v) is 6.09. The number of hydrogen-bond acceptors (Lipinski definition) is 6. The van der Waals surface area contributed by atoms with Gasteiger partial charge in [0.05, 0.1) is 12.0 Å². The molecule has 4 aromatic rings. The van der Waals surface area contributed by atoms with Crippen LogP contribution in [0.4, 0.5) is 5.13 Å². The van der Waals surface area contributed by atoms with Crippen LogP contribution in [0.1, 0.15) is 26.3 Å². The number of imidazole rings is 1. The third kappa shape index (κ3) is 3.89. The predicted molar refractivity (Wildman–Crippen MR) is 125 cm³/mol. The van der Waals surface area contributed by atoms with E-state index in [0.29, 0.717) is 5.13 Å². The summed E-state index contributed by atoms with van der Waals surface area (Å²) in [6.45, 7) is 6.37. The summed E-state index contributed by atoms with van der Waals surface area (Å²) >= 11 is 1.33. The molecule has 0 unspecified atom stereocenters. The Hall–Kier alpha value is -3.53. The van der Waals surface area contributed by atoms with Crippen molar-refractivity contribution < 1.29 is 4.79 Å². The number of nitrogens with one attached hydrogen (secondary N) is 1. The first kappa shape index (κ1) is 21.7. The Morgan fingerprint density at radius 1 is 1.09 bits per heavy atom. The van der Waals surface area contributed by atoms with Crippen LogP contribution in [0.2, 0.25) is 0 Å². The van der Waals surface area contributed by atoms with Crippen molar-refractivity contribution in [3.8, 4) is 11.3 Å². The van der Waals surface area contributed by atoms with Gasteiger partial charge in [-0.05, 0) is 11.0 Å². The number of carbonyl (C=O) groups is 1. The van der Waals surface area contributed by atoms with Gasteiger partial charge in [0.1, 0.15) is 6.54 Å². The van der Waals surface area contributed by atoms with Crippen molar-refractivity contribution in [1.29, 1.82) is 0 Å². The molecule has 4 rings (SSSR count). The summed E-state index contributed by atoms with van der Waals surface area (Å²) in [7, 11) is 2.93. The first-order valence-electron chi connectivity index (χ1n) is 10.0. The van der Waals surface area contributed by atoms with Gasteiger partial charge in [-0.15, -0.1) is 11.3 Å². The van der Waals surface area contributed by atoms with Crippen LogP contribution in [0.25, 0.3) is 22.4 Å². The van der Waals surface area contributed by atoms with Crippen molar-refractivity contribution in [3.05, 3.63) is 62.4 Å². The fraction of sp³-hybridized carbons (Fsp3) is 0.318. The molecule has 32 heavy (non-hydrogen) atoms. The molecule has 1 N–H and O–H groups in total. The van der Waals surface area contributed by atoms with Crippen molar-refractivity contribution in [2.75, 3.05) is 5.32 Å². The van der Waals surface area contributed by atoms with Gasteiger partial charge in [-0.1, -0.05) is 45.0 Å². The lowest BCUT2D eigenvalue weighted by Crippen LogP contribution is -2.37. The standard InChI is InChI=1S/C22H24N6O3S/c1-22(2,3)14-8-6-13(7-9-14)15-11-32-20(24-15)25-16(29)10-28-12-23-18-17(28)19(30)27(5)21(31)26(18)4/h6-9,11-12H,10H2,1-5H3,(H,24,25,29). The normalized spacial score (nSPS) is 11.8. The molecular weight excluding hydrogens is 428 g/mol. The van der Waals surface area contributed by atoms with Gasteiger partial charge in [-0.2, -0.15) is 0 Å². The zero-order valence-corrected chi connectivity index (χ0v) is 19.4. The van der Waals surface area contributed by atoms with Gasteiger partial charge >= 0.3 is 5.69 Å². The highest BCUT2D eigenvalue weighted by Gasteiger charge is 2.17. The number of hydrogen-bond donors (Lipinski definition) is 1. The van der Waals surface area contributed by atoms with Crippen molar-refractivity contribution in [1.82, 2.24) is 23.7 Å². The van der Waals surface area contributed by atoms with Crippen LogP contribution in [0, 0.1) is 0 Å². The molecule has 0 fully saturated rings. The molecule has 3 heterocycles. The topological polar surface area (TPSA) is 104 Å². The van der Waals surface area contributed by atoms with Crippen molar-refractivity contribution in [2.24, 2.45) is 14.1 Å². The molecular formula is C22H24N6O3S. The van der Waals surface area contributed by atoms with E-state index in [2.05, 4.69) is 48.2 Å². The molecule has 0 aliphatic carbocycles. The number of benzene rings is 1. The zero-order chi connectivity index (χ0) is 23.2. The second-order valence-electron chi connectivity index (χ2n) is 8.66. The molecule has 0 atom stereocenters. The van der Waals surface area contributed by atoms with E-state index in [4.69, 9.17) is 0 Å². The predicted octanol–water partition coefficient (Wildman–Crippen LogP) is 2.49. The lowest BCUT2D eigenvalue weighted by atomic mass is 9.86. The second kappa shape index (κ2) is 7.86. The Morgan fingerprint density at radius 3 is 2.44 bits per heavy atom. The van der Waals surface area contributed by atoms with Gasteiger partial charge < -0.3 is 9.88 Å². The smallest absolute Gasteiger partial charge is 0.315 e. The van der Waals surface area contributed by atoms with Crippen LogP contribution in [0.15, 0.2) is 45.6 Å². The molecule has 0 spiro atoms. The van der Waals surface area contributed by atoms with Crippen LogP contribution in [-0.4, -0.2) is 29.6 Å². The summed E-state index contributed by atoms with van der Waals surface area (Å²) in [5.41, 5.74) is 2.53. The van der Waals surface area contributed by atoms with Crippen LogP contribution in [0.5, 0.6) is 0 Å². The Labute approximate surface area is 188 Å². The number of aryl methyl sites for hydroxylation is 1.